The average Bonchev–Trinajstić information content (AvgIpc) is 2.90. The number of hydrogen-bond acceptors (Lipinski definition) is 2. The van der Waals surface area contributed by atoms with Gasteiger partial charge in [-0.3, -0.25) is 0 Å². The smallest absolute Gasteiger partial charge is 0.120 e. The largest absolute Gasteiger partial charge is 0.469 e. The third-order valence-electron chi connectivity index (χ3n) is 2.67. The van der Waals surface area contributed by atoms with Crippen molar-refractivity contribution in [2.75, 3.05) is 0 Å². The second-order valence-corrected chi connectivity index (χ2v) is 4.58. The van der Waals surface area contributed by atoms with E-state index in [2.05, 4.69) is 24.5 Å². The summed E-state index contributed by atoms with van der Waals surface area (Å²) in [6, 6.07) is 9.95. The number of rotatable bonds is 4. The predicted octanol–water partition coefficient (Wildman–Crippen LogP) is 3.20. The highest BCUT2D eigenvalue weighted by Crippen LogP contribution is 2.16. The van der Waals surface area contributed by atoms with E-state index < -0.39 is 0 Å². The molecule has 0 atom stereocenters. The Hall–Kier alpha value is -1.95. The van der Waals surface area contributed by atoms with E-state index in [-0.39, 0.29) is 0 Å². The van der Waals surface area contributed by atoms with Crippen molar-refractivity contribution >= 4 is 0 Å². The number of nitriles is 1. The minimum atomic E-state index is 0.518. The van der Waals surface area contributed by atoms with Crippen LogP contribution in [-0.4, -0.2) is 4.57 Å². The van der Waals surface area contributed by atoms with Crippen LogP contribution in [0.15, 0.2) is 34.9 Å². The average molecular weight is 228 g/mol. The van der Waals surface area contributed by atoms with Crippen molar-refractivity contribution in [2.45, 2.75) is 26.8 Å². The topological polar surface area (TPSA) is 41.9 Å². The Kier molecular flexibility index (Phi) is 3.34. The summed E-state index contributed by atoms with van der Waals surface area (Å²) in [4.78, 5) is 0. The molecule has 0 aliphatic rings. The summed E-state index contributed by atoms with van der Waals surface area (Å²) >= 11 is 0. The van der Waals surface area contributed by atoms with Crippen LogP contribution >= 0.6 is 0 Å². The molecule has 0 aliphatic carbocycles. The van der Waals surface area contributed by atoms with E-state index in [1.807, 2.05) is 24.3 Å². The third kappa shape index (κ3) is 2.59. The zero-order valence-corrected chi connectivity index (χ0v) is 10.2. The highest BCUT2D eigenvalue weighted by molar-refractivity contribution is 5.29. The first-order chi connectivity index (χ1) is 8.20. The van der Waals surface area contributed by atoms with Gasteiger partial charge in [0.25, 0.3) is 0 Å². The summed E-state index contributed by atoms with van der Waals surface area (Å²) in [6.07, 6.45) is 2.41. The molecule has 0 aromatic carbocycles. The number of hydrogen-bond donors (Lipinski definition) is 0. The Balaban J connectivity index is 2.28. The molecule has 0 unspecified atom stereocenters. The van der Waals surface area contributed by atoms with Crippen molar-refractivity contribution < 1.29 is 4.42 Å². The molecule has 0 spiro atoms. The molecule has 3 heteroatoms. The van der Waals surface area contributed by atoms with E-state index >= 15 is 0 Å². The van der Waals surface area contributed by atoms with Gasteiger partial charge in [-0.2, -0.15) is 5.26 Å². The van der Waals surface area contributed by atoms with E-state index in [9.17, 15) is 0 Å². The van der Waals surface area contributed by atoms with Crippen molar-refractivity contribution in [3.8, 4) is 6.07 Å². The second kappa shape index (κ2) is 4.92. The lowest BCUT2D eigenvalue weighted by Crippen LogP contribution is -2.10. The van der Waals surface area contributed by atoms with Gasteiger partial charge < -0.3 is 8.98 Å². The van der Waals surface area contributed by atoms with Crippen LogP contribution in [-0.2, 0) is 13.0 Å². The molecule has 2 heterocycles. The van der Waals surface area contributed by atoms with Crippen LogP contribution in [0.5, 0.6) is 0 Å². The molecular formula is C14H16N2O. The Morgan fingerprint density at radius 2 is 2.18 bits per heavy atom. The van der Waals surface area contributed by atoms with Gasteiger partial charge in [0.05, 0.1) is 6.26 Å². The molecule has 0 saturated carbocycles. The van der Waals surface area contributed by atoms with E-state index in [1.54, 1.807) is 6.26 Å². The van der Waals surface area contributed by atoms with Gasteiger partial charge in [-0.15, -0.1) is 0 Å². The summed E-state index contributed by atoms with van der Waals surface area (Å²) < 4.78 is 7.42. The second-order valence-electron chi connectivity index (χ2n) is 4.58. The normalized spacial score (nSPS) is 10.7. The number of furan rings is 1. The van der Waals surface area contributed by atoms with Crippen molar-refractivity contribution in [1.29, 1.82) is 5.26 Å². The van der Waals surface area contributed by atoms with Crippen LogP contribution in [0.1, 0.15) is 31.0 Å². The fourth-order valence-electron chi connectivity index (χ4n) is 1.93. The van der Waals surface area contributed by atoms with Gasteiger partial charge in [0.1, 0.15) is 17.5 Å². The van der Waals surface area contributed by atoms with Crippen LogP contribution in [0.25, 0.3) is 0 Å². The van der Waals surface area contributed by atoms with Crippen molar-refractivity contribution in [2.24, 2.45) is 5.92 Å². The zero-order valence-electron chi connectivity index (χ0n) is 10.2. The zero-order chi connectivity index (χ0) is 12.3. The minimum Gasteiger partial charge on any atom is -0.469 e. The quantitative estimate of drug-likeness (QED) is 0.806. The Bertz CT molecular complexity index is 515. The summed E-state index contributed by atoms with van der Waals surface area (Å²) in [5.41, 5.74) is 1.85. The first kappa shape index (κ1) is 11.5. The molecule has 0 fully saturated rings. The monoisotopic (exact) mass is 228 g/mol. The van der Waals surface area contributed by atoms with Gasteiger partial charge in [0.15, 0.2) is 0 Å². The molecule has 0 N–H and O–H groups in total. The number of nitrogens with zero attached hydrogens (tertiary/aromatic N) is 2. The van der Waals surface area contributed by atoms with Gasteiger partial charge in [-0.05, 0) is 30.2 Å². The van der Waals surface area contributed by atoms with Crippen molar-refractivity contribution in [3.63, 3.8) is 0 Å². The Morgan fingerprint density at radius 1 is 1.35 bits per heavy atom. The molecule has 0 bridgehead atoms. The van der Waals surface area contributed by atoms with E-state index in [4.69, 9.17) is 9.68 Å². The lowest BCUT2D eigenvalue weighted by Gasteiger charge is -2.12. The molecule has 2 rings (SSSR count). The lowest BCUT2D eigenvalue weighted by atomic mass is 10.2. The van der Waals surface area contributed by atoms with Crippen LogP contribution in [0, 0.1) is 17.2 Å². The SMILES string of the molecule is CC(C)Cn1c(C#N)ccc1Cc1ccco1. The summed E-state index contributed by atoms with van der Waals surface area (Å²) in [7, 11) is 0. The van der Waals surface area contributed by atoms with E-state index in [1.165, 1.54) is 0 Å². The lowest BCUT2D eigenvalue weighted by molar-refractivity contribution is 0.489. The first-order valence-electron chi connectivity index (χ1n) is 5.81. The van der Waals surface area contributed by atoms with Crippen LogP contribution in [0.3, 0.4) is 0 Å². The fraction of sp³-hybridized carbons (Fsp3) is 0.357. The molecule has 2 aromatic rings. The maximum Gasteiger partial charge on any atom is 0.120 e. The van der Waals surface area contributed by atoms with Gasteiger partial charge in [0.2, 0.25) is 0 Å². The molecule has 0 amide bonds. The predicted molar refractivity (Wildman–Crippen MR) is 65.5 cm³/mol. The minimum absolute atomic E-state index is 0.518. The highest BCUT2D eigenvalue weighted by atomic mass is 16.3. The maximum atomic E-state index is 9.08. The van der Waals surface area contributed by atoms with E-state index in [0.717, 1.165) is 30.1 Å². The molecule has 0 aliphatic heterocycles. The van der Waals surface area contributed by atoms with Crippen molar-refractivity contribution in [3.05, 3.63) is 47.7 Å². The van der Waals surface area contributed by atoms with Crippen LogP contribution < -0.4 is 0 Å². The Labute approximate surface area is 101 Å². The molecule has 2 aromatic heterocycles. The van der Waals surface area contributed by atoms with Gasteiger partial charge in [-0.1, -0.05) is 13.8 Å². The molecule has 17 heavy (non-hydrogen) atoms. The molecule has 3 nitrogen and oxygen atoms in total. The van der Waals surface area contributed by atoms with Gasteiger partial charge in [-0.25, -0.2) is 0 Å². The maximum absolute atomic E-state index is 9.08. The summed E-state index contributed by atoms with van der Waals surface area (Å²) in [5, 5.41) is 9.08. The molecule has 0 radical (unpaired) electrons. The van der Waals surface area contributed by atoms with Gasteiger partial charge >= 0.3 is 0 Å². The first-order valence-corrected chi connectivity index (χ1v) is 5.81. The van der Waals surface area contributed by atoms with Gasteiger partial charge in [0, 0.05) is 18.7 Å². The summed E-state index contributed by atoms with van der Waals surface area (Å²) in [6.45, 7) is 5.17. The van der Waals surface area contributed by atoms with E-state index in [0.29, 0.717) is 5.92 Å². The summed E-state index contributed by atoms with van der Waals surface area (Å²) in [5.74, 6) is 1.45. The molecule has 0 saturated heterocycles. The van der Waals surface area contributed by atoms with Crippen LogP contribution in [0.4, 0.5) is 0 Å². The highest BCUT2D eigenvalue weighted by Gasteiger charge is 2.10. The van der Waals surface area contributed by atoms with Crippen molar-refractivity contribution in [1.82, 2.24) is 4.57 Å². The third-order valence-corrected chi connectivity index (χ3v) is 2.67. The molecular weight excluding hydrogens is 212 g/mol. The number of aromatic nitrogens is 1. The Morgan fingerprint density at radius 3 is 2.76 bits per heavy atom. The molecule has 88 valence electrons. The van der Waals surface area contributed by atoms with Crippen LogP contribution in [0.2, 0.25) is 0 Å². The fourth-order valence-corrected chi connectivity index (χ4v) is 1.93. The standard InChI is InChI=1S/C14H16N2O/c1-11(2)10-16-12(5-6-13(16)9-15)8-14-4-3-7-17-14/h3-7,11H,8,10H2,1-2H3.